The minimum Gasteiger partial charge on any atom is -0.323 e. The van der Waals surface area contributed by atoms with Gasteiger partial charge in [-0.25, -0.2) is 4.79 Å². The summed E-state index contributed by atoms with van der Waals surface area (Å²) >= 11 is 1.60. The summed E-state index contributed by atoms with van der Waals surface area (Å²) in [4.78, 5) is 15.2. The fraction of sp³-hybridized carbons (Fsp3) is 0.375. The van der Waals surface area contributed by atoms with E-state index in [1.54, 1.807) is 22.9 Å². The Bertz CT molecular complexity index is 612. The Morgan fingerprint density at radius 1 is 1.19 bits per heavy atom. The number of benzene rings is 1. The minimum absolute atomic E-state index is 0.0756. The third-order valence-corrected chi connectivity index (χ3v) is 4.68. The molecule has 0 spiro atoms. The molecule has 0 aliphatic rings. The lowest BCUT2D eigenvalue weighted by Crippen LogP contribution is -2.34. The van der Waals surface area contributed by atoms with E-state index in [4.69, 9.17) is 0 Å². The lowest BCUT2D eigenvalue weighted by molar-refractivity contribution is 0.201. The maximum atomic E-state index is 12.2. The summed E-state index contributed by atoms with van der Waals surface area (Å²) in [6.07, 6.45) is 1.73. The molecular weight excluding hydrogens is 282 g/mol. The molecule has 1 heterocycles. The van der Waals surface area contributed by atoms with Gasteiger partial charge < -0.3 is 4.90 Å². The van der Waals surface area contributed by atoms with Crippen molar-refractivity contribution in [3.8, 4) is 0 Å². The summed E-state index contributed by atoms with van der Waals surface area (Å²) in [6, 6.07) is 8.05. The van der Waals surface area contributed by atoms with Gasteiger partial charge in [0.05, 0.1) is 0 Å². The van der Waals surface area contributed by atoms with Crippen LogP contribution in [-0.4, -0.2) is 33.8 Å². The van der Waals surface area contributed by atoms with Crippen molar-refractivity contribution in [2.75, 3.05) is 13.1 Å². The van der Waals surface area contributed by atoms with Crippen molar-refractivity contribution in [3.05, 3.63) is 41.6 Å². The molecule has 5 heteroatoms. The van der Waals surface area contributed by atoms with E-state index in [0.29, 0.717) is 13.1 Å². The van der Waals surface area contributed by atoms with Gasteiger partial charge in [-0.15, -0.1) is 0 Å². The van der Waals surface area contributed by atoms with E-state index < -0.39 is 0 Å². The van der Waals surface area contributed by atoms with Crippen molar-refractivity contribution in [1.82, 2.24) is 14.7 Å². The normalized spacial score (nSPS) is 10.7. The van der Waals surface area contributed by atoms with Crippen LogP contribution in [0.4, 0.5) is 4.79 Å². The molecule has 2 aromatic rings. The predicted octanol–water partition coefficient (Wildman–Crippen LogP) is 3.96. The minimum atomic E-state index is -0.0756. The molecule has 0 bridgehead atoms. The molecule has 112 valence electrons. The quantitative estimate of drug-likeness (QED) is 0.858. The Kier molecular flexibility index (Phi) is 5.07. The van der Waals surface area contributed by atoms with Crippen LogP contribution in [0.25, 0.3) is 0 Å². The number of carbonyl (C=O) groups excluding carboxylic acids is 1. The van der Waals surface area contributed by atoms with Crippen LogP contribution in [0.5, 0.6) is 0 Å². The number of rotatable bonds is 4. The lowest BCUT2D eigenvalue weighted by atomic mass is 10.2. The van der Waals surface area contributed by atoms with Crippen LogP contribution in [0, 0.1) is 13.8 Å². The fourth-order valence-electron chi connectivity index (χ4n) is 2.17. The van der Waals surface area contributed by atoms with E-state index in [1.807, 2.05) is 19.9 Å². The van der Waals surface area contributed by atoms with Crippen molar-refractivity contribution >= 4 is 17.8 Å². The molecule has 0 aliphatic carbocycles. The first-order valence-corrected chi connectivity index (χ1v) is 7.97. The maximum Gasteiger partial charge on any atom is 0.344 e. The average molecular weight is 303 g/mol. The highest BCUT2D eigenvalue weighted by molar-refractivity contribution is 7.99. The highest BCUT2D eigenvalue weighted by Crippen LogP contribution is 2.31. The van der Waals surface area contributed by atoms with Crippen LogP contribution in [0.15, 0.2) is 40.4 Å². The molecule has 4 nitrogen and oxygen atoms in total. The first-order valence-electron chi connectivity index (χ1n) is 7.15. The SMILES string of the molecule is CCN(CC)C(=O)n1ccc(Sc2c(C)cccc2C)n1. The van der Waals surface area contributed by atoms with Gasteiger partial charge in [0.1, 0.15) is 5.03 Å². The first-order chi connectivity index (χ1) is 10.1. The van der Waals surface area contributed by atoms with Gasteiger partial charge in [0.2, 0.25) is 0 Å². The molecule has 0 saturated carbocycles. The maximum absolute atomic E-state index is 12.2. The first kappa shape index (κ1) is 15.6. The van der Waals surface area contributed by atoms with Crippen LogP contribution in [0.1, 0.15) is 25.0 Å². The number of hydrogen-bond donors (Lipinski definition) is 0. The highest BCUT2D eigenvalue weighted by atomic mass is 32.2. The van der Waals surface area contributed by atoms with Crippen molar-refractivity contribution in [3.63, 3.8) is 0 Å². The lowest BCUT2D eigenvalue weighted by Gasteiger charge is -2.17. The van der Waals surface area contributed by atoms with E-state index in [9.17, 15) is 4.79 Å². The number of carbonyl (C=O) groups is 1. The topological polar surface area (TPSA) is 38.1 Å². The van der Waals surface area contributed by atoms with E-state index in [2.05, 4.69) is 37.1 Å². The zero-order chi connectivity index (χ0) is 15.4. The molecule has 1 amide bonds. The summed E-state index contributed by atoms with van der Waals surface area (Å²) in [5, 5.41) is 5.23. The molecule has 2 rings (SSSR count). The van der Waals surface area contributed by atoms with Crippen LogP contribution >= 0.6 is 11.8 Å². The second kappa shape index (κ2) is 6.80. The van der Waals surface area contributed by atoms with Crippen molar-refractivity contribution in [1.29, 1.82) is 0 Å². The Morgan fingerprint density at radius 3 is 2.38 bits per heavy atom. The van der Waals surface area contributed by atoms with Crippen LogP contribution in [0.2, 0.25) is 0 Å². The van der Waals surface area contributed by atoms with Gasteiger partial charge in [0.25, 0.3) is 0 Å². The van der Waals surface area contributed by atoms with Gasteiger partial charge in [0, 0.05) is 24.2 Å². The predicted molar refractivity (Wildman–Crippen MR) is 86.0 cm³/mol. The number of amides is 1. The zero-order valence-corrected chi connectivity index (χ0v) is 13.8. The summed E-state index contributed by atoms with van der Waals surface area (Å²) in [5.74, 6) is 0. The monoisotopic (exact) mass is 303 g/mol. The molecule has 0 unspecified atom stereocenters. The van der Waals surface area contributed by atoms with Crippen LogP contribution < -0.4 is 0 Å². The zero-order valence-electron chi connectivity index (χ0n) is 13.0. The third-order valence-electron chi connectivity index (χ3n) is 3.41. The fourth-order valence-corrected chi connectivity index (χ4v) is 3.10. The Labute approximate surface area is 130 Å². The second-order valence-corrected chi connectivity index (χ2v) is 5.91. The Hall–Kier alpha value is -1.75. The number of aromatic nitrogens is 2. The van der Waals surface area contributed by atoms with E-state index >= 15 is 0 Å². The van der Waals surface area contributed by atoms with Gasteiger partial charge in [-0.2, -0.15) is 9.78 Å². The van der Waals surface area contributed by atoms with E-state index in [1.165, 1.54) is 20.7 Å². The number of aryl methyl sites for hydroxylation is 2. The third kappa shape index (κ3) is 3.47. The molecule has 0 aliphatic heterocycles. The molecule has 0 radical (unpaired) electrons. The van der Waals surface area contributed by atoms with Gasteiger partial charge in [0.15, 0.2) is 0 Å². The van der Waals surface area contributed by atoms with Gasteiger partial charge in [-0.05, 0) is 44.9 Å². The molecule has 21 heavy (non-hydrogen) atoms. The highest BCUT2D eigenvalue weighted by Gasteiger charge is 2.14. The Balaban J connectivity index is 2.19. The molecule has 0 fully saturated rings. The second-order valence-electron chi connectivity index (χ2n) is 4.88. The molecule has 0 saturated heterocycles. The van der Waals surface area contributed by atoms with Crippen LogP contribution in [0.3, 0.4) is 0 Å². The average Bonchev–Trinajstić information content (AvgIpc) is 2.93. The smallest absolute Gasteiger partial charge is 0.323 e. The standard InChI is InChI=1S/C16H21N3OS/c1-5-18(6-2)16(20)19-11-10-14(17-19)21-15-12(3)8-7-9-13(15)4/h7-11H,5-6H2,1-4H3. The molecule has 1 aromatic carbocycles. The summed E-state index contributed by atoms with van der Waals surface area (Å²) in [7, 11) is 0. The summed E-state index contributed by atoms with van der Waals surface area (Å²) in [6.45, 7) is 9.50. The number of nitrogens with zero attached hydrogens (tertiary/aromatic N) is 3. The van der Waals surface area contributed by atoms with Crippen LogP contribution in [-0.2, 0) is 0 Å². The molecule has 0 atom stereocenters. The van der Waals surface area contributed by atoms with Crippen molar-refractivity contribution in [2.45, 2.75) is 37.6 Å². The van der Waals surface area contributed by atoms with Gasteiger partial charge in [-0.3, -0.25) is 0 Å². The summed E-state index contributed by atoms with van der Waals surface area (Å²) < 4.78 is 1.42. The largest absolute Gasteiger partial charge is 0.344 e. The summed E-state index contributed by atoms with van der Waals surface area (Å²) in [5.41, 5.74) is 2.45. The van der Waals surface area contributed by atoms with E-state index in [0.717, 1.165) is 5.03 Å². The van der Waals surface area contributed by atoms with Gasteiger partial charge in [-0.1, -0.05) is 30.0 Å². The molecular formula is C16H21N3OS. The Morgan fingerprint density at radius 2 is 1.81 bits per heavy atom. The van der Waals surface area contributed by atoms with E-state index in [-0.39, 0.29) is 6.03 Å². The molecule has 1 aromatic heterocycles. The molecule has 0 N–H and O–H groups in total. The van der Waals surface area contributed by atoms with Crippen molar-refractivity contribution < 1.29 is 4.79 Å². The van der Waals surface area contributed by atoms with Crippen molar-refractivity contribution in [2.24, 2.45) is 0 Å². The number of hydrogen-bond acceptors (Lipinski definition) is 3. The van der Waals surface area contributed by atoms with Gasteiger partial charge >= 0.3 is 6.03 Å².